The molecule has 0 bridgehead atoms. The minimum Gasteiger partial charge on any atom is -0.480 e. The van der Waals surface area contributed by atoms with Crippen molar-refractivity contribution in [1.82, 2.24) is 4.90 Å². The van der Waals surface area contributed by atoms with Crippen LogP contribution in [0.1, 0.15) is 26.3 Å². The normalized spacial score (nSPS) is 11.2. The summed E-state index contributed by atoms with van der Waals surface area (Å²) in [7, 11) is 1.58. The molecule has 1 amide bonds. The van der Waals surface area contributed by atoms with Crippen molar-refractivity contribution in [3.63, 3.8) is 0 Å². The summed E-state index contributed by atoms with van der Waals surface area (Å²) in [5, 5.41) is 25.1. The van der Waals surface area contributed by atoms with Gasteiger partial charge in [-0.1, -0.05) is 34.1 Å². The van der Waals surface area contributed by atoms with Crippen LogP contribution in [0.25, 0.3) is 0 Å². The zero-order chi connectivity index (χ0) is 30.8. The molecule has 0 aliphatic rings. The molecule has 3 aromatic carbocycles. The van der Waals surface area contributed by atoms with E-state index in [1.807, 2.05) is 0 Å². The number of aliphatic imine (C=N–C) groups is 1. The van der Waals surface area contributed by atoms with Crippen LogP contribution in [0.3, 0.4) is 0 Å². The standard InChI is InChI=1S/C27H26ClN7O7/c1-34(14-23(36)35(15-24(37)38)13-16-3-2-4-18(11-16)25(39)40)22-10-9-20(12-21(22)28)42-26(41)17-5-7-19(8-6-17)31-27(29)32-33-30/h2-12H,13-15H2,1H3,(H,37,38)(H,39,40)(H4,29,30,31,32). The van der Waals surface area contributed by atoms with Crippen molar-refractivity contribution < 1.29 is 34.1 Å². The lowest BCUT2D eigenvalue weighted by atomic mass is 10.1. The molecule has 3 aromatic rings. The Morgan fingerprint density at radius 2 is 1.67 bits per heavy atom. The number of halogens is 1. The smallest absolute Gasteiger partial charge is 0.343 e. The number of anilines is 1. The molecular formula is C27H26ClN7O7. The van der Waals surface area contributed by atoms with Crippen LogP contribution >= 0.6 is 11.6 Å². The van der Waals surface area contributed by atoms with Gasteiger partial charge in [0.25, 0.3) is 0 Å². The summed E-state index contributed by atoms with van der Waals surface area (Å²) in [5.74, 6) is 1.34. The number of carboxylic acids is 2. The number of amides is 1. The second kappa shape index (κ2) is 14.2. The molecule has 0 unspecified atom stereocenters. The summed E-state index contributed by atoms with van der Waals surface area (Å²) in [6.07, 6.45) is 0. The molecule has 3 rings (SSSR count). The SMILES string of the molecule is CN(CC(=O)N(CC(=O)O)Cc1cccc(C(=O)O)c1)c1ccc(OC(=O)c2ccc(N=C(N)N=NN)cc2)cc1Cl. The number of carbonyl (C=O) groups excluding carboxylic acids is 2. The lowest BCUT2D eigenvalue weighted by Gasteiger charge is -2.26. The molecule has 6 N–H and O–H groups in total. The van der Waals surface area contributed by atoms with Gasteiger partial charge in [-0.15, -0.1) is 0 Å². The van der Waals surface area contributed by atoms with Gasteiger partial charge in [-0.05, 0) is 54.1 Å². The van der Waals surface area contributed by atoms with Gasteiger partial charge in [-0.3, -0.25) is 9.59 Å². The number of benzene rings is 3. The Labute approximate surface area is 244 Å². The lowest BCUT2D eigenvalue weighted by Crippen LogP contribution is -2.41. The van der Waals surface area contributed by atoms with Gasteiger partial charge >= 0.3 is 17.9 Å². The molecule has 0 saturated heterocycles. The van der Waals surface area contributed by atoms with Crippen molar-refractivity contribution in [3.05, 3.63) is 88.4 Å². The third-order valence-corrected chi connectivity index (χ3v) is 5.95. The van der Waals surface area contributed by atoms with Gasteiger partial charge in [0.05, 0.1) is 34.1 Å². The Morgan fingerprint density at radius 3 is 2.29 bits per heavy atom. The van der Waals surface area contributed by atoms with E-state index in [0.717, 1.165) is 4.90 Å². The van der Waals surface area contributed by atoms with Crippen molar-refractivity contribution in [1.29, 1.82) is 0 Å². The molecule has 0 saturated carbocycles. The van der Waals surface area contributed by atoms with Crippen LogP contribution in [0.2, 0.25) is 5.02 Å². The number of ether oxygens (including phenoxy) is 1. The van der Waals surface area contributed by atoms with Gasteiger partial charge in [-0.2, -0.15) is 0 Å². The van der Waals surface area contributed by atoms with Crippen molar-refractivity contribution in [2.45, 2.75) is 6.54 Å². The van der Waals surface area contributed by atoms with Gasteiger partial charge < -0.3 is 36.3 Å². The van der Waals surface area contributed by atoms with Crippen molar-refractivity contribution >= 4 is 52.8 Å². The first-order chi connectivity index (χ1) is 20.0. The predicted molar refractivity (Wildman–Crippen MR) is 153 cm³/mol. The number of nitrogens with zero attached hydrogens (tertiary/aromatic N) is 5. The number of hydrogen-bond donors (Lipinski definition) is 4. The molecule has 0 radical (unpaired) electrons. The molecule has 0 aliphatic carbocycles. The van der Waals surface area contributed by atoms with E-state index in [1.165, 1.54) is 59.5 Å². The van der Waals surface area contributed by atoms with Crippen LogP contribution in [0.5, 0.6) is 5.75 Å². The van der Waals surface area contributed by atoms with Crippen LogP contribution in [0, 0.1) is 0 Å². The third kappa shape index (κ3) is 8.76. The Balaban J connectivity index is 1.67. The molecule has 0 fully saturated rings. The van der Waals surface area contributed by atoms with Gasteiger partial charge in [0.2, 0.25) is 11.9 Å². The number of esters is 1. The van der Waals surface area contributed by atoms with E-state index in [1.54, 1.807) is 19.2 Å². The zero-order valence-corrected chi connectivity index (χ0v) is 22.9. The second-order valence-electron chi connectivity index (χ2n) is 8.74. The fraction of sp³-hybridized carbons (Fsp3) is 0.148. The number of aliphatic carboxylic acids is 1. The minimum absolute atomic E-state index is 0.0163. The molecule has 14 nitrogen and oxygen atoms in total. The molecule has 0 aromatic heterocycles. The molecule has 0 aliphatic heterocycles. The van der Waals surface area contributed by atoms with E-state index in [9.17, 15) is 29.4 Å². The highest BCUT2D eigenvalue weighted by Gasteiger charge is 2.21. The Hall–Kier alpha value is -5.50. The highest BCUT2D eigenvalue weighted by molar-refractivity contribution is 6.33. The highest BCUT2D eigenvalue weighted by Crippen LogP contribution is 2.30. The van der Waals surface area contributed by atoms with E-state index in [2.05, 4.69) is 15.3 Å². The largest absolute Gasteiger partial charge is 0.480 e. The van der Waals surface area contributed by atoms with Crippen LogP contribution in [-0.2, 0) is 16.1 Å². The molecule has 218 valence electrons. The molecule has 42 heavy (non-hydrogen) atoms. The maximum atomic E-state index is 13.0. The Bertz CT molecular complexity index is 1540. The maximum Gasteiger partial charge on any atom is 0.343 e. The first-order valence-corrected chi connectivity index (χ1v) is 12.4. The van der Waals surface area contributed by atoms with Crippen LogP contribution in [0.15, 0.2) is 82.1 Å². The van der Waals surface area contributed by atoms with Crippen LogP contribution < -0.4 is 21.2 Å². The topological polar surface area (TPSA) is 214 Å². The van der Waals surface area contributed by atoms with Crippen molar-refractivity contribution in [2.24, 2.45) is 26.9 Å². The zero-order valence-electron chi connectivity index (χ0n) is 22.2. The summed E-state index contributed by atoms with van der Waals surface area (Å²) >= 11 is 6.41. The predicted octanol–water partition coefficient (Wildman–Crippen LogP) is 3.08. The lowest BCUT2D eigenvalue weighted by molar-refractivity contribution is -0.144. The summed E-state index contributed by atoms with van der Waals surface area (Å²) in [6, 6.07) is 16.3. The number of carbonyl (C=O) groups is 4. The first kappa shape index (κ1) is 31.0. The summed E-state index contributed by atoms with van der Waals surface area (Å²) < 4.78 is 5.40. The van der Waals surface area contributed by atoms with E-state index < -0.39 is 30.4 Å². The van der Waals surface area contributed by atoms with Gasteiger partial charge in [0.15, 0.2) is 0 Å². The van der Waals surface area contributed by atoms with Gasteiger partial charge in [0, 0.05) is 19.7 Å². The van der Waals surface area contributed by atoms with E-state index in [0.29, 0.717) is 16.9 Å². The third-order valence-electron chi connectivity index (χ3n) is 5.65. The van der Waals surface area contributed by atoms with Gasteiger partial charge in [-0.25, -0.2) is 14.6 Å². The Kier molecular flexibility index (Phi) is 10.5. The monoisotopic (exact) mass is 595 g/mol. The van der Waals surface area contributed by atoms with Crippen molar-refractivity contribution in [3.8, 4) is 5.75 Å². The quantitative estimate of drug-likeness (QED) is 0.0483. The molecule has 0 spiro atoms. The maximum absolute atomic E-state index is 13.0. The number of likely N-dealkylation sites (N-methyl/N-ethyl adjacent to an activating group) is 1. The van der Waals surface area contributed by atoms with Gasteiger partial charge in [0.1, 0.15) is 12.3 Å². The number of aromatic carboxylic acids is 1. The van der Waals surface area contributed by atoms with E-state index in [-0.39, 0.29) is 40.9 Å². The average molecular weight is 596 g/mol. The van der Waals surface area contributed by atoms with Crippen LogP contribution in [-0.4, -0.2) is 65.0 Å². The van der Waals surface area contributed by atoms with Crippen LogP contribution in [0.4, 0.5) is 11.4 Å². The fourth-order valence-corrected chi connectivity index (χ4v) is 4.03. The number of guanidine groups is 1. The first-order valence-electron chi connectivity index (χ1n) is 12.1. The summed E-state index contributed by atoms with van der Waals surface area (Å²) in [6.45, 7) is -0.939. The number of nitrogens with two attached hydrogens (primary N) is 2. The second-order valence-corrected chi connectivity index (χ2v) is 9.15. The molecule has 0 heterocycles. The molecule has 15 heteroatoms. The number of hydrogen-bond acceptors (Lipinski definition) is 8. The fourth-order valence-electron chi connectivity index (χ4n) is 3.72. The summed E-state index contributed by atoms with van der Waals surface area (Å²) in [4.78, 5) is 54.9. The van der Waals surface area contributed by atoms with Crippen molar-refractivity contribution in [2.75, 3.05) is 25.0 Å². The molecule has 0 atom stereocenters. The summed E-state index contributed by atoms with van der Waals surface area (Å²) in [5.41, 5.74) is 7.04. The number of rotatable bonds is 11. The molecular weight excluding hydrogens is 570 g/mol. The minimum atomic E-state index is -1.23. The van der Waals surface area contributed by atoms with E-state index >= 15 is 0 Å². The Morgan fingerprint density at radius 1 is 0.952 bits per heavy atom. The number of carboxylic acid groups (broad SMARTS) is 2. The van der Waals surface area contributed by atoms with E-state index in [4.69, 9.17) is 27.9 Å². The average Bonchev–Trinajstić information content (AvgIpc) is 2.93. The highest BCUT2D eigenvalue weighted by atomic mass is 35.5.